The predicted octanol–water partition coefficient (Wildman–Crippen LogP) is 2.38. The third-order valence-corrected chi connectivity index (χ3v) is 5.17. The summed E-state index contributed by atoms with van der Waals surface area (Å²) in [5.41, 5.74) is 0.833. The first-order chi connectivity index (χ1) is 10.5. The Hall–Kier alpha value is -0.980. The number of aromatic nitrogens is 1. The number of amides is 1. The van der Waals surface area contributed by atoms with Crippen molar-refractivity contribution in [1.82, 2.24) is 9.88 Å². The zero-order valence-electron chi connectivity index (χ0n) is 13.5. The van der Waals surface area contributed by atoms with Crippen molar-refractivity contribution in [3.05, 3.63) is 16.1 Å². The second kappa shape index (κ2) is 6.26. The van der Waals surface area contributed by atoms with Gasteiger partial charge in [-0.25, -0.2) is 4.98 Å². The van der Waals surface area contributed by atoms with Crippen molar-refractivity contribution in [3.8, 4) is 0 Å². The molecule has 2 saturated heterocycles. The van der Waals surface area contributed by atoms with Gasteiger partial charge in [0.05, 0.1) is 36.5 Å². The summed E-state index contributed by atoms with van der Waals surface area (Å²) in [5.74, 6) is 0.274. The number of likely N-dealkylation sites (tertiary alicyclic amines) is 1. The molecule has 2 fully saturated rings. The minimum Gasteiger partial charge on any atom is -0.372 e. The van der Waals surface area contributed by atoms with Gasteiger partial charge in [-0.3, -0.25) is 4.79 Å². The van der Waals surface area contributed by atoms with E-state index in [-0.39, 0.29) is 23.5 Å². The fraction of sp³-hybridized carbons (Fsp3) is 0.750. The van der Waals surface area contributed by atoms with Gasteiger partial charge in [0.25, 0.3) is 0 Å². The van der Waals surface area contributed by atoms with Crippen LogP contribution in [0.4, 0.5) is 0 Å². The van der Waals surface area contributed by atoms with Gasteiger partial charge in [0.15, 0.2) is 0 Å². The second-order valence-corrected chi connectivity index (χ2v) is 7.73. The minimum atomic E-state index is -0.175. The Kier molecular flexibility index (Phi) is 4.52. The first-order valence-corrected chi connectivity index (χ1v) is 8.81. The highest BCUT2D eigenvalue weighted by Gasteiger charge is 2.49. The van der Waals surface area contributed by atoms with Crippen LogP contribution in [0, 0.1) is 12.8 Å². The lowest BCUT2D eigenvalue weighted by Crippen LogP contribution is -2.67. The van der Waals surface area contributed by atoms with Crippen LogP contribution in [0.15, 0.2) is 5.38 Å². The molecule has 0 bridgehead atoms. The van der Waals surface area contributed by atoms with Gasteiger partial charge in [-0.15, -0.1) is 11.3 Å². The molecule has 0 saturated carbocycles. The first kappa shape index (κ1) is 15.9. The lowest BCUT2D eigenvalue weighted by Gasteiger charge is -2.53. The summed E-state index contributed by atoms with van der Waals surface area (Å²) in [6.45, 7) is 8.59. The van der Waals surface area contributed by atoms with Crippen LogP contribution >= 0.6 is 11.3 Å². The van der Waals surface area contributed by atoms with E-state index >= 15 is 0 Å². The zero-order chi connectivity index (χ0) is 15.7. The van der Waals surface area contributed by atoms with Crippen LogP contribution < -0.4 is 0 Å². The van der Waals surface area contributed by atoms with E-state index < -0.39 is 0 Å². The molecule has 122 valence electrons. The van der Waals surface area contributed by atoms with E-state index in [0.717, 1.165) is 23.5 Å². The SMILES string of the molecule is Cc1nc(CO[C@@H]2CCOC3(C2)CN(C(=O)C(C)C)C3)cs1. The standard InChI is InChI=1S/C16H24N2O3S/c1-11(2)15(19)18-9-16(10-18)6-14(4-5-21-16)20-7-13-8-22-12(3)17-13/h8,11,14H,4-7,9-10H2,1-3H3/t14-/m1/s1. The van der Waals surface area contributed by atoms with E-state index in [0.29, 0.717) is 26.3 Å². The van der Waals surface area contributed by atoms with Crippen LogP contribution in [0.1, 0.15) is 37.4 Å². The molecule has 6 heteroatoms. The molecule has 3 rings (SSSR count). The van der Waals surface area contributed by atoms with Gasteiger partial charge in [-0.1, -0.05) is 13.8 Å². The molecule has 3 heterocycles. The fourth-order valence-corrected chi connectivity index (χ4v) is 3.79. The Morgan fingerprint density at radius 1 is 1.59 bits per heavy atom. The molecule has 0 N–H and O–H groups in total. The average Bonchev–Trinajstić information content (AvgIpc) is 2.87. The van der Waals surface area contributed by atoms with E-state index in [1.165, 1.54) is 0 Å². The van der Waals surface area contributed by atoms with Gasteiger partial charge >= 0.3 is 0 Å². The van der Waals surface area contributed by atoms with Crippen molar-refractivity contribution < 1.29 is 14.3 Å². The van der Waals surface area contributed by atoms with Crippen molar-refractivity contribution in [3.63, 3.8) is 0 Å². The molecule has 0 unspecified atom stereocenters. The first-order valence-electron chi connectivity index (χ1n) is 7.93. The van der Waals surface area contributed by atoms with Crippen LogP contribution in [0.3, 0.4) is 0 Å². The number of thiazole rings is 1. The van der Waals surface area contributed by atoms with E-state index in [2.05, 4.69) is 10.4 Å². The van der Waals surface area contributed by atoms with E-state index in [9.17, 15) is 4.79 Å². The van der Waals surface area contributed by atoms with Crippen molar-refractivity contribution >= 4 is 17.2 Å². The fourth-order valence-electron chi connectivity index (χ4n) is 3.19. The van der Waals surface area contributed by atoms with Crippen molar-refractivity contribution in [2.24, 2.45) is 5.92 Å². The molecular weight excluding hydrogens is 300 g/mol. The molecule has 1 atom stereocenters. The lowest BCUT2D eigenvalue weighted by molar-refractivity contribution is -0.204. The maximum Gasteiger partial charge on any atom is 0.225 e. The lowest BCUT2D eigenvalue weighted by atomic mass is 9.84. The molecule has 1 amide bonds. The van der Waals surface area contributed by atoms with Crippen LogP contribution in [-0.4, -0.2) is 47.2 Å². The summed E-state index contributed by atoms with van der Waals surface area (Å²) in [6.07, 6.45) is 1.99. The third kappa shape index (κ3) is 3.34. The maximum absolute atomic E-state index is 12.0. The quantitative estimate of drug-likeness (QED) is 0.853. The summed E-state index contributed by atoms with van der Waals surface area (Å²) < 4.78 is 12.0. The Balaban J connectivity index is 1.49. The third-order valence-electron chi connectivity index (χ3n) is 4.34. The predicted molar refractivity (Wildman–Crippen MR) is 84.8 cm³/mol. The largest absolute Gasteiger partial charge is 0.372 e. The molecule has 0 aromatic carbocycles. The summed E-state index contributed by atoms with van der Waals surface area (Å²) in [5, 5.41) is 3.13. The molecule has 2 aliphatic heterocycles. The molecule has 0 aliphatic carbocycles. The van der Waals surface area contributed by atoms with Gasteiger partial charge < -0.3 is 14.4 Å². The number of carbonyl (C=O) groups is 1. The number of aryl methyl sites for hydroxylation is 1. The van der Waals surface area contributed by atoms with Crippen LogP contribution in [-0.2, 0) is 20.9 Å². The highest BCUT2D eigenvalue weighted by molar-refractivity contribution is 7.09. The van der Waals surface area contributed by atoms with Crippen molar-refractivity contribution in [2.75, 3.05) is 19.7 Å². The Bertz CT molecular complexity index is 537. The van der Waals surface area contributed by atoms with Gasteiger partial charge in [0.1, 0.15) is 5.60 Å². The van der Waals surface area contributed by atoms with Gasteiger partial charge in [-0.05, 0) is 13.3 Å². The van der Waals surface area contributed by atoms with E-state index in [1.807, 2.05) is 25.7 Å². The Morgan fingerprint density at radius 2 is 2.36 bits per heavy atom. The Morgan fingerprint density at radius 3 is 3.00 bits per heavy atom. The topological polar surface area (TPSA) is 51.7 Å². The van der Waals surface area contributed by atoms with E-state index in [4.69, 9.17) is 9.47 Å². The molecule has 1 spiro atoms. The Labute approximate surface area is 135 Å². The van der Waals surface area contributed by atoms with Gasteiger partial charge in [-0.2, -0.15) is 0 Å². The van der Waals surface area contributed by atoms with Crippen LogP contribution in [0.25, 0.3) is 0 Å². The molecule has 2 aliphatic rings. The van der Waals surface area contributed by atoms with Crippen molar-refractivity contribution in [2.45, 2.75) is 51.9 Å². The summed E-state index contributed by atoms with van der Waals surface area (Å²) in [4.78, 5) is 18.3. The molecule has 1 aromatic rings. The van der Waals surface area contributed by atoms with Gasteiger partial charge in [0, 0.05) is 24.3 Å². The highest BCUT2D eigenvalue weighted by Crippen LogP contribution is 2.36. The molecule has 0 radical (unpaired) electrons. The number of hydrogen-bond acceptors (Lipinski definition) is 5. The van der Waals surface area contributed by atoms with Gasteiger partial charge in [0.2, 0.25) is 5.91 Å². The monoisotopic (exact) mass is 324 g/mol. The highest BCUT2D eigenvalue weighted by atomic mass is 32.1. The molecule has 5 nitrogen and oxygen atoms in total. The minimum absolute atomic E-state index is 0.0564. The van der Waals surface area contributed by atoms with Crippen LogP contribution in [0.2, 0.25) is 0 Å². The average molecular weight is 324 g/mol. The maximum atomic E-state index is 12.0. The number of ether oxygens (including phenoxy) is 2. The van der Waals surface area contributed by atoms with Crippen molar-refractivity contribution in [1.29, 1.82) is 0 Å². The van der Waals surface area contributed by atoms with Crippen LogP contribution in [0.5, 0.6) is 0 Å². The molecule has 1 aromatic heterocycles. The summed E-state index contributed by atoms with van der Waals surface area (Å²) >= 11 is 1.65. The number of nitrogens with zero attached hydrogens (tertiary/aromatic N) is 2. The number of hydrogen-bond donors (Lipinski definition) is 0. The smallest absolute Gasteiger partial charge is 0.225 e. The summed E-state index contributed by atoms with van der Waals surface area (Å²) in [7, 11) is 0. The molecular formula is C16H24N2O3S. The number of rotatable bonds is 4. The normalized spacial score (nSPS) is 23.8. The van der Waals surface area contributed by atoms with E-state index in [1.54, 1.807) is 11.3 Å². The zero-order valence-corrected chi connectivity index (χ0v) is 14.3. The molecule has 22 heavy (non-hydrogen) atoms. The number of carbonyl (C=O) groups excluding carboxylic acids is 1. The second-order valence-electron chi connectivity index (χ2n) is 6.66. The summed E-state index contributed by atoms with van der Waals surface area (Å²) in [6, 6.07) is 0.